The zero-order valence-corrected chi connectivity index (χ0v) is 29.8. The molecule has 7 nitrogen and oxygen atoms in total. The summed E-state index contributed by atoms with van der Waals surface area (Å²) >= 11 is 0. The lowest BCUT2D eigenvalue weighted by Crippen LogP contribution is -2.49. The molecular weight excluding hydrogens is 584 g/mol. The molecule has 3 aliphatic heterocycles. The predicted octanol–water partition coefficient (Wildman–Crippen LogP) is 7.09. The Morgan fingerprint density at radius 2 is 1.68 bits per heavy atom. The molecule has 0 fully saturated rings. The van der Waals surface area contributed by atoms with Crippen molar-refractivity contribution < 1.29 is 14.3 Å². The third-order valence-electron chi connectivity index (χ3n) is 10.1. The summed E-state index contributed by atoms with van der Waals surface area (Å²) in [5, 5.41) is 2.27. The van der Waals surface area contributed by atoms with Crippen molar-refractivity contribution in [2.24, 2.45) is 0 Å². The van der Waals surface area contributed by atoms with E-state index in [1.165, 1.54) is 33.3 Å². The molecule has 0 saturated heterocycles. The molecular formula is C40H51N4O3+. The van der Waals surface area contributed by atoms with Gasteiger partial charge in [0.25, 0.3) is 0 Å². The maximum Gasteiger partial charge on any atom is 0.305 e. The van der Waals surface area contributed by atoms with Gasteiger partial charge < -0.3 is 18.9 Å². The first-order chi connectivity index (χ1) is 22.4. The van der Waals surface area contributed by atoms with Crippen molar-refractivity contribution in [2.75, 3.05) is 24.6 Å². The van der Waals surface area contributed by atoms with Crippen molar-refractivity contribution in [3.05, 3.63) is 81.9 Å². The Morgan fingerprint density at radius 3 is 2.40 bits per heavy atom. The van der Waals surface area contributed by atoms with Crippen LogP contribution in [0.25, 0.3) is 16.7 Å². The molecule has 3 aliphatic rings. The van der Waals surface area contributed by atoms with E-state index in [9.17, 15) is 4.79 Å². The lowest BCUT2D eigenvalue weighted by Gasteiger charge is -2.43. The molecule has 0 saturated carbocycles. The minimum absolute atomic E-state index is 0.0983. The van der Waals surface area contributed by atoms with Crippen LogP contribution >= 0.6 is 0 Å². The monoisotopic (exact) mass is 635 g/mol. The van der Waals surface area contributed by atoms with Crippen molar-refractivity contribution in [1.82, 2.24) is 14.1 Å². The van der Waals surface area contributed by atoms with Crippen LogP contribution in [-0.2, 0) is 16.1 Å². The number of imidazole rings is 1. The summed E-state index contributed by atoms with van der Waals surface area (Å²) in [4.78, 5) is 19.3. The van der Waals surface area contributed by atoms with Gasteiger partial charge in [0.2, 0.25) is 5.36 Å². The van der Waals surface area contributed by atoms with Gasteiger partial charge in [-0.25, -0.2) is 9.56 Å². The summed E-state index contributed by atoms with van der Waals surface area (Å²) in [6, 6.07) is 9.16. The Balaban J connectivity index is 1.53. The number of carbonyl (C=O) groups is 1. The molecule has 0 amide bonds. The summed E-state index contributed by atoms with van der Waals surface area (Å²) in [5.41, 5.74) is 8.20. The van der Waals surface area contributed by atoms with E-state index in [1.54, 1.807) is 0 Å². The smallest absolute Gasteiger partial charge is 0.305 e. The third-order valence-corrected chi connectivity index (χ3v) is 10.1. The van der Waals surface area contributed by atoms with Crippen molar-refractivity contribution in [3.63, 3.8) is 0 Å². The lowest BCUT2D eigenvalue weighted by molar-refractivity contribution is -0.143. The molecule has 3 aromatic rings. The molecule has 4 heterocycles. The molecule has 47 heavy (non-hydrogen) atoms. The SMILES string of the molecule is CCOC(=O)CCCCCn1ccnc1C1=c2cc3c(cc2Oc2cc4c(cc21)C(C)=CC(C)(C)N4CC)=[N+](CC)C(C)(C)C=C3C. The highest BCUT2D eigenvalue weighted by Gasteiger charge is 2.36. The number of aryl methyl sites for hydroxylation is 1. The Hall–Kier alpha value is -4.13. The van der Waals surface area contributed by atoms with Crippen LogP contribution in [0.1, 0.15) is 111 Å². The summed E-state index contributed by atoms with van der Waals surface area (Å²) in [6.07, 6.45) is 11.9. The van der Waals surface area contributed by atoms with Crippen LogP contribution in [0, 0.1) is 0 Å². The number of rotatable bonds is 10. The van der Waals surface area contributed by atoms with E-state index >= 15 is 0 Å². The molecule has 248 valence electrons. The van der Waals surface area contributed by atoms with Crippen LogP contribution in [0.4, 0.5) is 5.69 Å². The number of hydrogen-bond donors (Lipinski definition) is 0. The maximum atomic E-state index is 11.9. The number of allylic oxidation sites excluding steroid dienone is 2. The Morgan fingerprint density at radius 1 is 0.915 bits per heavy atom. The van der Waals surface area contributed by atoms with Gasteiger partial charge in [0.15, 0.2) is 5.54 Å². The van der Waals surface area contributed by atoms with Crippen molar-refractivity contribution in [1.29, 1.82) is 0 Å². The van der Waals surface area contributed by atoms with Crippen molar-refractivity contribution in [3.8, 4) is 11.5 Å². The fourth-order valence-electron chi connectivity index (χ4n) is 8.11. The first-order valence-corrected chi connectivity index (χ1v) is 17.4. The Bertz CT molecular complexity index is 1920. The number of nitrogens with zero attached hydrogens (tertiary/aromatic N) is 4. The zero-order chi connectivity index (χ0) is 33.7. The number of unbranched alkanes of at least 4 members (excludes halogenated alkanes) is 2. The molecule has 7 heteroatoms. The van der Waals surface area contributed by atoms with Crippen LogP contribution in [0.2, 0.25) is 0 Å². The van der Waals surface area contributed by atoms with E-state index in [2.05, 4.69) is 112 Å². The summed E-state index contributed by atoms with van der Waals surface area (Å²) in [5.74, 6) is 2.56. The quantitative estimate of drug-likeness (QED) is 0.106. The standard InChI is InChI=1S/C40H51N4O3/c1-10-43-32-22-34-30(20-28(32)26(4)24-39(43,6)7)37(38-41-17-19-42(38)18-15-13-14-16-36(45)46-12-3)31-21-29-27(5)25-40(8,9)44(11-2)33(29)23-35(31)47-34/h17,19-25H,10-16,18H2,1-9H3/q+1. The van der Waals surface area contributed by atoms with Gasteiger partial charge in [0, 0.05) is 85.0 Å². The number of anilines is 1. The zero-order valence-electron chi connectivity index (χ0n) is 29.8. The highest BCUT2D eigenvalue weighted by Crippen LogP contribution is 2.46. The normalized spacial score (nSPS) is 17.2. The minimum Gasteiger partial charge on any atom is -0.466 e. The first-order valence-electron chi connectivity index (χ1n) is 17.4. The molecule has 6 rings (SSSR count). The second-order valence-corrected chi connectivity index (χ2v) is 14.2. The topological polar surface area (TPSA) is 59.6 Å². The molecule has 0 aliphatic carbocycles. The molecule has 1 aromatic heterocycles. The van der Waals surface area contributed by atoms with E-state index in [0.29, 0.717) is 13.0 Å². The molecule has 0 atom stereocenters. The van der Waals surface area contributed by atoms with Crippen molar-refractivity contribution >= 4 is 28.4 Å². The molecule has 0 bridgehead atoms. The third kappa shape index (κ3) is 5.83. The number of esters is 1. The van der Waals surface area contributed by atoms with Crippen molar-refractivity contribution in [2.45, 2.75) is 106 Å². The average Bonchev–Trinajstić information content (AvgIpc) is 3.46. The van der Waals surface area contributed by atoms with E-state index in [-0.39, 0.29) is 17.0 Å². The van der Waals surface area contributed by atoms with Gasteiger partial charge in [0.1, 0.15) is 23.9 Å². The molecule has 0 spiro atoms. The summed E-state index contributed by atoms with van der Waals surface area (Å²) in [6.45, 7) is 22.9. The van der Waals surface area contributed by atoms with Gasteiger partial charge in [0.05, 0.1) is 18.2 Å². The molecule has 0 unspecified atom stereocenters. The van der Waals surface area contributed by atoms with Gasteiger partial charge in [-0.1, -0.05) is 12.5 Å². The summed E-state index contributed by atoms with van der Waals surface area (Å²) < 4.78 is 16.8. The average molecular weight is 636 g/mol. The van der Waals surface area contributed by atoms with E-state index < -0.39 is 0 Å². The number of aromatic nitrogens is 2. The van der Waals surface area contributed by atoms with Crippen LogP contribution in [-0.4, -0.2) is 46.3 Å². The number of carbonyl (C=O) groups excluding carboxylic acids is 1. The Labute approximate surface area is 279 Å². The van der Waals surface area contributed by atoms with Gasteiger partial charge in [-0.05, 0) is 90.7 Å². The number of likely N-dealkylation sites (N-methyl/N-ethyl adjacent to an activating group) is 2. The number of hydrogen-bond acceptors (Lipinski definition) is 5. The van der Waals surface area contributed by atoms with Crippen LogP contribution in [0.5, 0.6) is 11.5 Å². The lowest BCUT2D eigenvalue weighted by atomic mass is 9.85. The second-order valence-electron chi connectivity index (χ2n) is 14.2. The highest BCUT2D eigenvalue weighted by atomic mass is 16.5. The van der Waals surface area contributed by atoms with Gasteiger partial charge in [-0.3, -0.25) is 4.79 Å². The molecule has 0 radical (unpaired) electrons. The summed E-state index contributed by atoms with van der Waals surface area (Å²) in [7, 11) is 0. The Kier molecular flexibility index (Phi) is 8.71. The molecule has 2 aromatic carbocycles. The molecule has 0 N–H and O–H groups in total. The van der Waals surface area contributed by atoms with Crippen LogP contribution < -0.4 is 24.8 Å². The van der Waals surface area contributed by atoms with Gasteiger partial charge >= 0.3 is 5.97 Å². The fourth-order valence-corrected chi connectivity index (χ4v) is 8.11. The van der Waals surface area contributed by atoms with E-state index in [1.807, 2.05) is 13.1 Å². The first kappa shape index (κ1) is 32.8. The minimum atomic E-state index is -0.114. The van der Waals surface area contributed by atoms with Crippen LogP contribution in [0.3, 0.4) is 0 Å². The maximum absolute atomic E-state index is 11.9. The number of ether oxygens (including phenoxy) is 2. The highest BCUT2D eigenvalue weighted by molar-refractivity contribution is 5.90. The number of fused-ring (bicyclic) bond motifs is 4. The predicted molar refractivity (Wildman–Crippen MR) is 191 cm³/mol. The number of benzene rings is 2. The van der Waals surface area contributed by atoms with Gasteiger partial charge in [-0.15, -0.1) is 0 Å². The van der Waals surface area contributed by atoms with E-state index in [0.717, 1.165) is 72.6 Å². The fraction of sp³-hybridized carbons (Fsp3) is 0.475. The van der Waals surface area contributed by atoms with Gasteiger partial charge in [-0.2, -0.15) is 0 Å². The second kappa shape index (κ2) is 12.5. The van der Waals surface area contributed by atoms with Crippen LogP contribution in [0.15, 0.2) is 48.8 Å². The van der Waals surface area contributed by atoms with E-state index in [4.69, 9.17) is 14.5 Å². The largest absolute Gasteiger partial charge is 0.466 e.